The molecule has 4 heteroatoms. The SMILES string of the molecule is COC(=O)C(NCc1cc(-c2ccccc2)cs1)C(C)C. The van der Waals surface area contributed by atoms with E-state index in [0.29, 0.717) is 6.54 Å². The van der Waals surface area contributed by atoms with Crippen LogP contribution < -0.4 is 5.32 Å². The van der Waals surface area contributed by atoms with E-state index in [1.165, 1.54) is 23.1 Å². The van der Waals surface area contributed by atoms with Crippen molar-refractivity contribution < 1.29 is 9.53 Å². The molecule has 0 bridgehead atoms. The number of thiophene rings is 1. The number of benzene rings is 1. The first-order chi connectivity index (χ1) is 10.1. The Kier molecular flexibility index (Phi) is 5.53. The van der Waals surface area contributed by atoms with Crippen LogP contribution >= 0.6 is 11.3 Å². The summed E-state index contributed by atoms with van der Waals surface area (Å²) in [5, 5.41) is 5.43. The maximum Gasteiger partial charge on any atom is 0.323 e. The van der Waals surface area contributed by atoms with E-state index in [4.69, 9.17) is 4.74 Å². The van der Waals surface area contributed by atoms with E-state index in [9.17, 15) is 4.79 Å². The number of esters is 1. The van der Waals surface area contributed by atoms with Crippen LogP contribution in [0.5, 0.6) is 0 Å². The standard InChI is InChI=1S/C17H21NO2S/c1-12(2)16(17(19)20-3)18-10-15-9-14(11-21-15)13-7-5-4-6-8-13/h4-9,11-12,16,18H,10H2,1-3H3. The molecular weight excluding hydrogens is 282 g/mol. The predicted molar refractivity (Wildman–Crippen MR) is 87.2 cm³/mol. The molecule has 0 saturated heterocycles. The highest BCUT2D eigenvalue weighted by Gasteiger charge is 2.22. The average molecular weight is 303 g/mol. The molecule has 0 aliphatic rings. The van der Waals surface area contributed by atoms with Crippen molar-refractivity contribution in [3.05, 3.63) is 46.7 Å². The van der Waals surface area contributed by atoms with Crippen LogP contribution in [0.3, 0.4) is 0 Å². The molecule has 0 radical (unpaired) electrons. The Balaban J connectivity index is 2.01. The molecule has 0 aliphatic heterocycles. The van der Waals surface area contributed by atoms with Crippen molar-refractivity contribution in [3.8, 4) is 11.1 Å². The van der Waals surface area contributed by atoms with Gasteiger partial charge in [0.25, 0.3) is 0 Å². The number of hydrogen-bond acceptors (Lipinski definition) is 4. The van der Waals surface area contributed by atoms with Gasteiger partial charge >= 0.3 is 5.97 Å². The molecule has 1 aromatic heterocycles. The van der Waals surface area contributed by atoms with Crippen molar-refractivity contribution in [2.24, 2.45) is 5.92 Å². The van der Waals surface area contributed by atoms with Crippen LogP contribution in [0, 0.1) is 5.92 Å². The molecule has 2 rings (SSSR count). The first-order valence-corrected chi connectivity index (χ1v) is 7.94. The second-order valence-corrected chi connectivity index (χ2v) is 6.29. The molecule has 0 amide bonds. The maximum atomic E-state index is 11.7. The molecule has 0 fully saturated rings. The fourth-order valence-electron chi connectivity index (χ4n) is 2.18. The molecule has 2 aromatic rings. The number of carbonyl (C=O) groups excluding carboxylic acids is 1. The smallest absolute Gasteiger partial charge is 0.323 e. The van der Waals surface area contributed by atoms with Crippen molar-refractivity contribution in [1.29, 1.82) is 0 Å². The Bertz CT molecular complexity index is 577. The molecule has 21 heavy (non-hydrogen) atoms. The van der Waals surface area contributed by atoms with E-state index in [-0.39, 0.29) is 17.9 Å². The molecule has 1 unspecified atom stereocenters. The summed E-state index contributed by atoms with van der Waals surface area (Å²) in [6.07, 6.45) is 0. The third-order valence-electron chi connectivity index (χ3n) is 3.38. The maximum absolute atomic E-state index is 11.7. The number of carbonyl (C=O) groups is 1. The van der Waals surface area contributed by atoms with Crippen molar-refractivity contribution in [1.82, 2.24) is 5.32 Å². The molecule has 0 spiro atoms. The van der Waals surface area contributed by atoms with E-state index in [1.54, 1.807) is 11.3 Å². The first-order valence-electron chi connectivity index (χ1n) is 7.06. The topological polar surface area (TPSA) is 38.3 Å². The molecule has 1 aromatic carbocycles. The van der Waals surface area contributed by atoms with E-state index >= 15 is 0 Å². The molecule has 1 heterocycles. The zero-order valence-electron chi connectivity index (χ0n) is 12.6. The second kappa shape index (κ2) is 7.38. The van der Waals surface area contributed by atoms with Gasteiger partial charge in [0.15, 0.2) is 0 Å². The highest BCUT2D eigenvalue weighted by molar-refractivity contribution is 7.10. The molecule has 1 atom stereocenters. The quantitative estimate of drug-likeness (QED) is 0.827. The first kappa shape index (κ1) is 15.7. The van der Waals surface area contributed by atoms with E-state index in [0.717, 1.165) is 0 Å². The van der Waals surface area contributed by atoms with Gasteiger partial charge in [-0.05, 0) is 28.5 Å². The Morgan fingerprint density at radius 1 is 1.24 bits per heavy atom. The van der Waals surface area contributed by atoms with Crippen LogP contribution in [-0.2, 0) is 16.1 Å². The molecule has 0 saturated carbocycles. The van der Waals surface area contributed by atoms with E-state index in [1.807, 2.05) is 32.0 Å². The number of rotatable bonds is 6. The van der Waals surface area contributed by atoms with Crippen molar-refractivity contribution in [2.45, 2.75) is 26.4 Å². The van der Waals surface area contributed by atoms with Crippen LogP contribution in [0.2, 0.25) is 0 Å². The van der Waals surface area contributed by atoms with Crippen molar-refractivity contribution in [2.75, 3.05) is 7.11 Å². The number of ether oxygens (including phenoxy) is 1. The Labute approximate surface area is 130 Å². The van der Waals surface area contributed by atoms with Crippen LogP contribution in [0.4, 0.5) is 0 Å². The molecular formula is C17H21NO2S. The Morgan fingerprint density at radius 3 is 2.57 bits per heavy atom. The number of hydrogen-bond donors (Lipinski definition) is 1. The summed E-state index contributed by atoms with van der Waals surface area (Å²) in [4.78, 5) is 12.9. The fraction of sp³-hybridized carbons (Fsp3) is 0.353. The minimum atomic E-state index is -0.266. The lowest BCUT2D eigenvalue weighted by atomic mass is 10.0. The Hall–Kier alpha value is -1.65. The molecule has 3 nitrogen and oxygen atoms in total. The molecule has 1 N–H and O–H groups in total. The minimum absolute atomic E-state index is 0.200. The third kappa shape index (κ3) is 4.16. The monoisotopic (exact) mass is 303 g/mol. The van der Waals surface area contributed by atoms with Gasteiger partial charge in [0.2, 0.25) is 0 Å². The average Bonchev–Trinajstić information content (AvgIpc) is 2.96. The third-order valence-corrected chi connectivity index (χ3v) is 4.32. The summed E-state index contributed by atoms with van der Waals surface area (Å²) < 4.78 is 4.84. The van der Waals surface area contributed by atoms with Crippen LogP contribution in [0.1, 0.15) is 18.7 Å². The van der Waals surface area contributed by atoms with E-state index in [2.05, 4.69) is 28.9 Å². The summed E-state index contributed by atoms with van der Waals surface area (Å²) in [5.74, 6) is -0.00385. The highest BCUT2D eigenvalue weighted by atomic mass is 32.1. The lowest BCUT2D eigenvalue weighted by Gasteiger charge is -2.19. The van der Waals surface area contributed by atoms with Gasteiger partial charge in [0, 0.05) is 11.4 Å². The van der Waals surface area contributed by atoms with Gasteiger partial charge in [-0.1, -0.05) is 44.2 Å². The lowest BCUT2D eigenvalue weighted by molar-refractivity contribution is -0.144. The van der Waals surface area contributed by atoms with Gasteiger partial charge in [-0.2, -0.15) is 0 Å². The Morgan fingerprint density at radius 2 is 1.95 bits per heavy atom. The fourth-order valence-corrected chi connectivity index (χ4v) is 3.03. The zero-order chi connectivity index (χ0) is 15.2. The van der Waals surface area contributed by atoms with E-state index < -0.39 is 0 Å². The normalized spacial score (nSPS) is 12.4. The lowest BCUT2D eigenvalue weighted by Crippen LogP contribution is -2.41. The molecule has 112 valence electrons. The summed E-state index contributed by atoms with van der Waals surface area (Å²) >= 11 is 1.70. The van der Waals surface area contributed by atoms with Gasteiger partial charge in [0.05, 0.1) is 7.11 Å². The van der Waals surface area contributed by atoms with Gasteiger partial charge < -0.3 is 4.74 Å². The van der Waals surface area contributed by atoms with Gasteiger partial charge in [-0.3, -0.25) is 10.1 Å². The summed E-state index contributed by atoms with van der Waals surface area (Å²) in [7, 11) is 1.43. The highest BCUT2D eigenvalue weighted by Crippen LogP contribution is 2.25. The van der Waals surface area contributed by atoms with Crippen LogP contribution in [0.15, 0.2) is 41.8 Å². The van der Waals surface area contributed by atoms with Crippen molar-refractivity contribution >= 4 is 17.3 Å². The molecule has 0 aliphatic carbocycles. The van der Waals surface area contributed by atoms with Gasteiger partial charge in [-0.25, -0.2) is 0 Å². The zero-order valence-corrected chi connectivity index (χ0v) is 13.4. The number of methoxy groups -OCH3 is 1. The summed E-state index contributed by atoms with van der Waals surface area (Å²) in [6.45, 7) is 4.70. The second-order valence-electron chi connectivity index (χ2n) is 5.29. The number of nitrogens with one attached hydrogen (secondary N) is 1. The van der Waals surface area contributed by atoms with Gasteiger partial charge in [0.1, 0.15) is 6.04 Å². The van der Waals surface area contributed by atoms with Crippen molar-refractivity contribution in [3.63, 3.8) is 0 Å². The van der Waals surface area contributed by atoms with Gasteiger partial charge in [-0.15, -0.1) is 11.3 Å². The minimum Gasteiger partial charge on any atom is -0.468 e. The van der Waals surface area contributed by atoms with Crippen LogP contribution in [0.25, 0.3) is 11.1 Å². The predicted octanol–water partition coefficient (Wildman–Crippen LogP) is 3.70. The summed E-state index contributed by atoms with van der Waals surface area (Å²) in [6, 6.07) is 12.2. The van der Waals surface area contributed by atoms with Crippen LogP contribution in [-0.4, -0.2) is 19.1 Å². The summed E-state index contributed by atoms with van der Waals surface area (Å²) in [5.41, 5.74) is 2.44. The largest absolute Gasteiger partial charge is 0.468 e.